The molecular weight excluding hydrogens is 246 g/mol. The Bertz CT molecular complexity index is 364. The summed E-state index contributed by atoms with van der Waals surface area (Å²) >= 11 is 0. The van der Waals surface area contributed by atoms with Crippen molar-refractivity contribution in [2.24, 2.45) is 0 Å². The first-order valence-electron chi connectivity index (χ1n) is 6.44. The third kappa shape index (κ3) is 7.31. The maximum absolute atomic E-state index is 11.3. The number of nitrogens with two attached hydrogens (primary N) is 1. The van der Waals surface area contributed by atoms with Crippen LogP contribution < -0.4 is 10.5 Å². The average Bonchev–Trinajstić information content (AvgIpc) is 2.41. The average molecular weight is 267 g/mol. The summed E-state index contributed by atoms with van der Waals surface area (Å²) in [5, 5.41) is 0. The maximum Gasteiger partial charge on any atom is 0.309 e. The number of esters is 1. The Kier molecular flexibility index (Phi) is 7.43. The molecule has 0 heterocycles. The van der Waals surface area contributed by atoms with Gasteiger partial charge in [-0.1, -0.05) is 6.92 Å². The highest BCUT2D eigenvalue weighted by Gasteiger charge is 2.03. The van der Waals surface area contributed by atoms with Gasteiger partial charge in [-0.15, -0.1) is 0 Å². The van der Waals surface area contributed by atoms with Gasteiger partial charge in [0.05, 0.1) is 19.6 Å². The molecule has 5 heteroatoms. The molecule has 0 fully saturated rings. The predicted molar refractivity (Wildman–Crippen MR) is 73.0 cm³/mol. The minimum absolute atomic E-state index is 0.220. The zero-order valence-electron chi connectivity index (χ0n) is 11.3. The Labute approximate surface area is 113 Å². The fraction of sp³-hybridized carbons (Fsp3) is 0.500. The third-order valence-corrected chi connectivity index (χ3v) is 2.29. The summed E-state index contributed by atoms with van der Waals surface area (Å²) in [5.41, 5.74) is 6.23. The molecule has 0 saturated heterocycles. The lowest BCUT2D eigenvalue weighted by Gasteiger charge is -2.07. The number of hydrogen-bond acceptors (Lipinski definition) is 5. The van der Waals surface area contributed by atoms with Gasteiger partial charge in [-0.3, -0.25) is 4.79 Å². The summed E-state index contributed by atoms with van der Waals surface area (Å²) in [5.74, 6) is 0.406. The van der Waals surface area contributed by atoms with Gasteiger partial charge in [0, 0.05) is 12.3 Å². The lowest BCUT2D eigenvalue weighted by atomic mass is 10.3. The summed E-state index contributed by atoms with van der Waals surface area (Å²) in [6.45, 7) is 3.75. The van der Waals surface area contributed by atoms with E-state index in [1.807, 2.05) is 6.92 Å². The van der Waals surface area contributed by atoms with E-state index in [-0.39, 0.29) is 12.4 Å². The van der Waals surface area contributed by atoms with Crippen molar-refractivity contribution >= 4 is 11.7 Å². The summed E-state index contributed by atoms with van der Waals surface area (Å²) in [6.07, 6.45) is 1.18. The first kappa shape index (κ1) is 15.3. The molecule has 1 aromatic rings. The minimum atomic E-state index is -0.282. The first-order chi connectivity index (χ1) is 9.22. The summed E-state index contributed by atoms with van der Waals surface area (Å²) < 4.78 is 15.6. The number of hydrogen-bond donors (Lipinski definition) is 1. The van der Waals surface area contributed by atoms with E-state index in [1.165, 1.54) is 0 Å². The van der Waals surface area contributed by atoms with Crippen molar-refractivity contribution in [2.75, 3.05) is 32.2 Å². The van der Waals surface area contributed by atoms with Crippen molar-refractivity contribution in [1.29, 1.82) is 0 Å². The van der Waals surface area contributed by atoms with Gasteiger partial charge in [0.25, 0.3) is 0 Å². The second-order valence-electron chi connectivity index (χ2n) is 4.00. The number of benzene rings is 1. The highest BCUT2D eigenvalue weighted by molar-refractivity contribution is 5.69. The van der Waals surface area contributed by atoms with Gasteiger partial charge in [0.2, 0.25) is 0 Å². The van der Waals surface area contributed by atoms with Gasteiger partial charge < -0.3 is 19.9 Å². The molecule has 0 amide bonds. The molecule has 5 nitrogen and oxygen atoms in total. The van der Waals surface area contributed by atoms with Crippen molar-refractivity contribution < 1.29 is 19.0 Å². The van der Waals surface area contributed by atoms with Gasteiger partial charge in [-0.05, 0) is 30.7 Å². The zero-order chi connectivity index (χ0) is 13.9. The standard InChI is InChI=1S/C14H21NO4/c1-2-8-17-10-11-19-14(16)7-9-18-13-5-3-12(15)4-6-13/h3-6H,2,7-11,15H2,1H3. The fourth-order valence-electron chi connectivity index (χ4n) is 1.35. The van der Waals surface area contributed by atoms with Crippen LogP contribution in [0.2, 0.25) is 0 Å². The Balaban J connectivity index is 2.05. The number of ether oxygens (including phenoxy) is 3. The van der Waals surface area contributed by atoms with Gasteiger partial charge >= 0.3 is 5.97 Å². The SMILES string of the molecule is CCCOCCOC(=O)CCOc1ccc(N)cc1. The highest BCUT2D eigenvalue weighted by Crippen LogP contribution is 2.13. The quantitative estimate of drug-likeness (QED) is 0.421. The summed E-state index contributed by atoms with van der Waals surface area (Å²) in [6, 6.07) is 7.02. The molecule has 0 unspecified atom stereocenters. The van der Waals surface area contributed by atoms with Gasteiger partial charge in [-0.25, -0.2) is 0 Å². The minimum Gasteiger partial charge on any atom is -0.493 e. The highest BCUT2D eigenvalue weighted by atomic mass is 16.6. The molecule has 0 radical (unpaired) electrons. The van der Waals surface area contributed by atoms with Crippen LogP contribution in [0.3, 0.4) is 0 Å². The molecule has 0 aliphatic heterocycles. The topological polar surface area (TPSA) is 70.8 Å². The molecule has 1 aromatic carbocycles. The largest absolute Gasteiger partial charge is 0.493 e. The molecule has 106 valence electrons. The van der Waals surface area contributed by atoms with Crippen LogP contribution in [0.15, 0.2) is 24.3 Å². The molecule has 19 heavy (non-hydrogen) atoms. The maximum atomic E-state index is 11.3. The zero-order valence-corrected chi connectivity index (χ0v) is 11.3. The number of nitrogen functional groups attached to an aromatic ring is 1. The monoisotopic (exact) mass is 267 g/mol. The second kappa shape index (κ2) is 9.22. The number of anilines is 1. The lowest BCUT2D eigenvalue weighted by molar-refractivity contribution is -0.145. The van der Waals surface area contributed by atoms with Gasteiger partial charge in [-0.2, -0.15) is 0 Å². The van der Waals surface area contributed by atoms with E-state index in [1.54, 1.807) is 24.3 Å². The molecule has 0 saturated carbocycles. The first-order valence-corrected chi connectivity index (χ1v) is 6.44. The van der Waals surface area contributed by atoms with Crippen LogP contribution in [0.5, 0.6) is 5.75 Å². The van der Waals surface area contributed by atoms with E-state index in [4.69, 9.17) is 19.9 Å². The van der Waals surface area contributed by atoms with E-state index in [2.05, 4.69) is 0 Å². The summed E-state index contributed by atoms with van der Waals surface area (Å²) in [4.78, 5) is 11.3. The lowest BCUT2D eigenvalue weighted by Crippen LogP contribution is -2.13. The van der Waals surface area contributed by atoms with Gasteiger partial charge in [0.1, 0.15) is 12.4 Å². The van der Waals surface area contributed by atoms with Crippen LogP contribution in [0, 0.1) is 0 Å². The molecule has 0 bridgehead atoms. The molecule has 2 N–H and O–H groups in total. The Morgan fingerprint density at radius 3 is 2.53 bits per heavy atom. The third-order valence-electron chi connectivity index (χ3n) is 2.29. The molecule has 0 spiro atoms. The van der Waals surface area contributed by atoms with Crippen LogP contribution in [-0.2, 0) is 14.3 Å². The van der Waals surface area contributed by atoms with E-state index in [0.717, 1.165) is 6.42 Å². The van der Waals surface area contributed by atoms with Crippen LogP contribution >= 0.6 is 0 Å². The second-order valence-corrected chi connectivity index (χ2v) is 4.00. The van der Waals surface area contributed by atoms with E-state index in [0.29, 0.717) is 37.9 Å². The fourth-order valence-corrected chi connectivity index (χ4v) is 1.35. The van der Waals surface area contributed by atoms with Crippen molar-refractivity contribution in [2.45, 2.75) is 19.8 Å². The van der Waals surface area contributed by atoms with Crippen molar-refractivity contribution in [1.82, 2.24) is 0 Å². The number of carbonyl (C=O) groups is 1. The van der Waals surface area contributed by atoms with Crippen LogP contribution in [0.4, 0.5) is 5.69 Å². The molecule has 0 aliphatic carbocycles. The predicted octanol–water partition coefficient (Wildman–Crippen LogP) is 2.01. The molecule has 0 aromatic heterocycles. The van der Waals surface area contributed by atoms with E-state index < -0.39 is 0 Å². The smallest absolute Gasteiger partial charge is 0.309 e. The van der Waals surface area contributed by atoms with Crippen molar-refractivity contribution in [3.8, 4) is 5.75 Å². The Morgan fingerprint density at radius 2 is 1.84 bits per heavy atom. The normalized spacial score (nSPS) is 10.2. The Morgan fingerprint density at radius 1 is 1.11 bits per heavy atom. The van der Waals surface area contributed by atoms with Crippen LogP contribution in [0.1, 0.15) is 19.8 Å². The van der Waals surface area contributed by atoms with Crippen LogP contribution in [0.25, 0.3) is 0 Å². The molecule has 1 rings (SSSR count). The molecule has 0 atom stereocenters. The number of rotatable bonds is 9. The van der Waals surface area contributed by atoms with E-state index >= 15 is 0 Å². The van der Waals surface area contributed by atoms with Gasteiger partial charge in [0.15, 0.2) is 0 Å². The van der Waals surface area contributed by atoms with E-state index in [9.17, 15) is 4.79 Å². The van der Waals surface area contributed by atoms with Crippen molar-refractivity contribution in [3.63, 3.8) is 0 Å². The summed E-state index contributed by atoms with van der Waals surface area (Å²) in [7, 11) is 0. The number of carbonyl (C=O) groups excluding carboxylic acids is 1. The van der Waals surface area contributed by atoms with Crippen molar-refractivity contribution in [3.05, 3.63) is 24.3 Å². The molecular formula is C14H21NO4. The van der Waals surface area contributed by atoms with Crippen LogP contribution in [-0.4, -0.2) is 32.4 Å². The molecule has 0 aliphatic rings. The Hall–Kier alpha value is -1.75.